The van der Waals surface area contributed by atoms with Crippen LogP contribution in [-0.2, 0) is 11.3 Å². The number of thioether (sulfide) groups is 1. The molecule has 32 heavy (non-hydrogen) atoms. The number of piperidine rings is 1. The first-order chi connectivity index (χ1) is 15.7. The summed E-state index contributed by atoms with van der Waals surface area (Å²) in [4.78, 5) is 14.7. The molecule has 0 atom stereocenters. The molecule has 0 saturated carbocycles. The van der Waals surface area contributed by atoms with Gasteiger partial charge in [-0.25, -0.2) is 4.39 Å². The number of hydrogen-bond donors (Lipinski definition) is 1. The number of hydrogen-bond acceptors (Lipinski definition) is 6. The molecule has 3 aromatic rings. The Kier molecular flexibility index (Phi) is 7.26. The van der Waals surface area contributed by atoms with Crippen LogP contribution in [-0.4, -0.2) is 46.6 Å². The smallest absolute Gasteiger partial charge is 0.232 e. The number of para-hydroxylation sites is 2. The predicted octanol–water partition coefficient (Wildman–Crippen LogP) is 3.81. The van der Waals surface area contributed by atoms with Crippen LogP contribution in [0.5, 0.6) is 5.75 Å². The van der Waals surface area contributed by atoms with E-state index in [1.165, 1.54) is 24.2 Å². The molecule has 0 unspecified atom stereocenters. The van der Waals surface area contributed by atoms with Crippen LogP contribution in [0.2, 0.25) is 0 Å². The van der Waals surface area contributed by atoms with E-state index >= 15 is 0 Å². The van der Waals surface area contributed by atoms with Gasteiger partial charge in [-0.15, -0.1) is 10.2 Å². The third kappa shape index (κ3) is 5.04. The number of nitrogens with one attached hydrogen (secondary N) is 1. The first kappa shape index (κ1) is 22.1. The van der Waals surface area contributed by atoms with Crippen molar-refractivity contribution in [1.82, 2.24) is 20.1 Å². The van der Waals surface area contributed by atoms with Crippen LogP contribution in [0.1, 0.15) is 24.8 Å². The quantitative estimate of drug-likeness (QED) is 0.521. The van der Waals surface area contributed by atoms with E-state index in [9.17, 15) is 9.18 Å². The fourth-order valence-corrected chi connectivity index (χ4v) is 4.47. The SMILES string of the molecule is COc1ccccc1-n1c(SCC(=O)NCc2ccccc2F)nnc1N1CCCCC1. The Bertz CT molecular complexity index is 1070. The van der Waals surface area contributed by atoms with Crippen LogP contribution in [0.25, 0.3) is 5.69 Å². The summed E-state index contributed by atoms with van der Waals surface area (Å²) in [6.45, 7) is 1.98. The Morgan fingerprint density at radius 2 is 1.84 bits per heavy atom. The van der Waals surface area contributed by atoms with Crippen molar-refractivity contribution < 1.29 is 13.9 Å². The molecule has 0 aliphatic carbocycles. The zero-order valence-electron chi connectivity index (χ0n) is 18.0. The minimum Gasteiger partial charge on any atom is -0.495 e. The zero-order chi connectivity index (χ0) is 22.3. The maximum Gasteiger partial charge on any atom is 0.232 e. The molecular formula is C23H26FN5O2S. The molecule has 1 fully saturated rings. The topological polar surface area (TPSA) is 72.3 Å². The normalized spacial score (nSPS) is 13.8. The van der Waals surface area contributed by atoms with E-state index in [-0.39, 0.29) is 24.0 Å². The molecule has 1 aliphatic heterocycles. The zero-order valence-corrected chi connectivity index (χ0v) is 18.8. The molecule has 7 nitrogen and oxygen atoms in total. The van der Waals surface area contributed by atoms with Crippen LogP contribution in [0.3, 0.4) is 0 Å². The standard InChI is InChI=1S/C23H26FN5O2S/c1-31-20-12-6-5-11-19(20)29-22(28-13-7-2-8-14-28)26-27-23(29)32-16-21(30)25-15-17-9-3-4-10-18(17)24/h3-6,9-12H,2,7-8,13-16H2,1H3,(H,25,30). The Morgan fingerprint density at radius 1 is 1.09 bits per heavy atom. The minimum absolute atomic E-state index is 0.141. The number of anilines is 1. The van der Waals surface area contributed by atoms with Crippen molar-refractivity contribution in [3.05, 3.63) is 59.9 Å². The van der Waals surface area contributed by atoms with Crippen LogP contribution in [0.4, 0.5) is 10.3 Å². The first-order valence-corrected chi connectivity index (χ1v) is 11.6. The van der Waals surface area contributed by atoms with Crippen molar-refractivity contribution in [3.63, 3.8) is 0 Å². The fraction of sp³-hybridized carbons (Fsp3) is 0.348. The van der Waals surface area contributed by atoms with E-state index in [2.05, 4.69) is 20.4 Å². The summed E-state index contributed by atoms with van der Waals surface area (Å²) in [5, 5.41) is 12.2. The molecule has 0 radical (unpaired) electrons. The molecular weight excluding hydrogens is 429 g/mol. The third-order valence-corrected chi connectivity index (χ3v) is 6.28. The largest absolute Gasteiger partial charge is 0.495 e. The lowest BCUT2D eigenvalue weighted by atomic mass is 10.1. The van der Waals surface area contributed by atoms with Gasteiger partial charge in [-0.3, -0.25) is 9.36 Å². The minimum atomic E-state index is -0.331. The van der Waals surface area contributed by atoms with Crippen molar-refractivity contribution in [2.45, 2.75) is 31.0 Å². The number of aromatic nitrogens is 3. The lowest BCUT2D eigenvalue weighted by Gasteiger charge is -2.28. The van der Waals surface area contributed by atoms with Gasteiger partial charge in [-0.05, 0) is 37.5 Å². The van der Waals surface area contributed by atoms with Gasteiger partial charge < -0.3 is 15.0 Å². The Labute approximate surface area is 191 Å². The summed E-state index contributed by atoms with van der Waals surface area (Å²) in [5.41, 5.74) is 1.28. The predicted molar refractivity (Wildman–Crippen MR) is 123 cm³/mol. The Balaban J connectivity index is 1.52. The average molecular weight is 456 g/mol. The molecule has 2 aromatic carbocycles. The second-order valence-electron chi connectivity index (χ2n) is 7.49. The summed E-state index contributed by atoms with van der Waals surface area (Å²) < 4.78 is 21.3. The first-order valence-electron chi connectivity index (χ1n) is 10.6. The lowest BCUT2D eigenvalue weighted by molar-refractivity contribution is -0.118. The highest BCUT2D eigenvalue weighted by atomic mass is 32.2. The maximum atomic E-state index is 13.8. The van der Waals surface area contributed by atoms with E-state index in [0.29, 0.717) is 16.5 Å². The van der Waals surface area contributed by atoms with Gasteiger partial charge >= 0.3 is 0 Å². The van der Waals surface area contributed by atoms with E-state index in [1.807, 2.05) is 28.8 Å². The Hall–Kier alpha value is -3.07. The summed E-state index contributed by atoms with van der Waals surface area (Å²) >= 11 is 1.29. The molecule has 4 rings (SSSR count). The van der Waals surface area contributed by atoms with Crippen LogP contribution < -0.4 is 15.0 Å². The van der Waals surface area contributed by atoms with Gasteiger partial charge in [0.2, 0.25) is 11.9 Å². The van der Waals surface area contributed by atoms with Crippen molar-refractivity contribution in [3.8, 4) is 11.4 Å². The highest BCUT2D eigenvalue weighted by Crippen LogP contribution is 2.32. The van der Waals surface area contributed by atoms with Gasteiger partial charge in [0.05, 0.1) is 18.6 Å². The Morgan fingerprint density at radius 3 is 2.62 bits per heavy atom. The van der Waals surface area contributed by atoms with E-state index in [4.69, 9.17) is 4.74 Å². The highest BCUT2D eigenvalue weighted by Gasteiger charge is 2.23. The number of carbonyl (C=O) groups is 1. The van der Waals surface area contributed by atoms with Crippen molar-refractivity contribution >= 4 is 23.6 Å². The highest BCUT2D eigenvalue weighted by molar-refractivity contribution is 7.99. The number of carbonyl (C=O) groups excluding carboxylic acids is 1. The molecule has 1 saturated heterocycles. The summed E-state index contributed by atoms with van der Waals surface area (Å²) in [6, 6.07) is 14.1. The molecule has 9 heteroatoms. The van der Waals surface area contributed by atoms with Crippen LogP contribution in [0, 0.1) is 5.82 Å². The van der Waals surface area contributed by atoms with E-state index in [1.54, 1.807) is 25.3 Å². The van der Waals surface area contributed by atoms with Crippen LogP contribution in [0.15, 0.2) is 53.7 Å². The van der Waals surface area contributed by atoms with Gasteiger partial charge in [-0.1, -0.05) is 42.1 Å². The number of halogens is 1. The number of methoxy groups -OCH3 is 1. The van der Waals surface area contributed by atoms with Gasteiger partial charge in [0.15, 0.2) is 5.16 Å². The fourth-order valence-electron chi connectivity index (χ4n) is 3.70. The van der Waals surface area contributed by atoms with Crippen molar-refractivity contribution in [1.29, 1.82) is 0 Å². The third-order valence-electron chi connectivity index (χ3n) is 5.35. The molecule has 1 aromatic heterocycles. The van der Waals surface area contributed by atoms with Crippen LogP contribution >= 0.6 is 11.8 Å². The molecule has 0 spiro atoms. The van der Waals surface area contributed by atoms with Gasteiger partial charge in [0.25, 0.3) is 0 Å². The second kappa shape index (κ2) is 10.5. The van der Waals surface area contributed by atoms with Crippen molar-refractivity contribution in [2.75, 3.05) is 30.9 Å². The molecule has 0 bridgehead atoms. The number of benzene rings is 2. The van der Waals surface area contributed by atoms with Gasteiger partial charge in [-0.2, -0.15) is 0 Å². The molecule has 1 N–H and O–H groups in total. The molecule has 2 heterocycles. The number of nitrogens with zero attached hydrogens (tertiary/aromatic N) is 4. The monoisotopic (exact) mass is 455 g/mol. The second-order valence-corrected chi connectivity index (χ2v) is 8.44. The molecule has 1 aliphatic rings. The van der Waals surface area contributed by atoms with Crippen molar-refractivity contribution in [2.24, 2.45) is 0 Å². The van der Waals surface area contributed by atoms with E-state index < -0.39 is 0 Å². The molecule has 168 valence electrons. The summed E-state index contributed by atoms with van der Waals surface area (Å²) in [7, 11) is 1.63. The van der Waals surface area contributed by atoms with E-state index in [0.717, 1.165) is 37.6 Å². The van der Waals surface area contributed by atoms with Gasteiger partial charge in [0, 0.05) is 25.2 Å². The summed E-state index contributed by atoms with van der Waals surface area (Å²) in [5.74, 6) is 1.07. The average Bonchev–Trinajstić information content (AvgIpc) is 3.26. The number of amides is 1. The number of rotatable bonds is 8. The van der Waals surface area contributed by atoms with Gasteiger partial charge in [0.1, 0.15) is 11.6 Å². The molecule has 1 amide bonds. The lowest BCUT2D eigenvalue weighted by Crippen LogP contribution is -2.31. The number of ether oxygens (including phenoxy) is 1. The summed E-state index contributed by atoms with van der Waals surface area (Å²) in [6.07, 6.45) is 3.43. The maximum absolute atomic E-state index is 13.8.